The van der Waals surface area contributed by atoms with Crippen LogP contribution in [-0.4, -0.2) is 34.6 Å². The lowest BCUT2D eigenvalue weighted by atomic mass is 10.3. The maximum absolute atomic E-state index is 13.5. The predicted octanol–water partition coefficient (Wildman–Crippen LogP) is 2.61. The van der Waals surface area contributed by atoms with E-state index in [1.807, 2.05) is 67.4 Å². The van der Waals surface area contributed by atoms with Crippen molar-refractivity contribution in [1.82, 2.24) is 9.47 Å². The summed E-state index contributed by atoms with van der Waals surface area (Å²) in [6.45, 7) is 2.37. The number of amides is 1. The molecule has 2 aliphatic rings. The number of fused-ring (bicyclic) bond motifs is 1. The van der Waals surface area contributed by atoms with Gasteiger partial charge in [0.1, 0.15) is 19.9 Å². The van der Waals surface area contributed by atoms with Gasteiger partial charge in [-0.15, -0.1) is 11.3 Å². The fraction of sp³-hybridized carbons (Fsp3) is 0.174. The molecule has 0 bridgehead atoms. The molecule has 0 saturated carbocycles. The highest BCUT2D eigenvalue weighted by molar-refractivity contribution is 8.08. The number of carbonyl (C=O) groups excluding carboxylic acids is 1. The summed E-state index contributed by atoms with van der Waals surface area (Å²) in [6.07, 6.45) is 0. The van der Waals surface area contributed by atoms with Crippen LogP contribution in [0.15, 0.2) is 64.3 Å². The van der Waals surface area contributed by atoms with Crippen LogP contribution >= 0.6 is 35.3 Å². The van der Waals surface area contributed by atoms with Crippen molar-refractivity contribution in [3.05, 3.63) is 74.1 Å². The number of carbonyl (C=O) groups is 1. The standard InChI is InChI=1S/C23H20N4O2S3/c1-4-26-20(29)18(22-24(2)15-12-8-9-13-16(15)31-22)32-21(26)17-19(28)25(3)23(30)27(17)14-10-6-5-7-11-14/h5-13H,4H2,1-3H3. The van der Waals surface area contributed by atoms with Gasteiger partial charge in [-0.3, -0.25) is 24.0 Å². The van der Waals surface area contributed by atoms with Crippen LogP contribution in [0.2, 0.25) is 0 Å². The molecular weight excluding hydrogens is 460 g/mol. The number of hydrogen-bond donors (Lipinski definition) is 0. The summed E-state index contributed by atoms with van der Waals surface area (Å²) in [7, 11) is 3.64. The Labute approximate surface area is 198 Å². The molecule has 32 heavy (non-hydrogen) atoms. The number of thioether (sulfide) groups is 1. The minimum Gasteiger partial charge on any atom is -0.337 e. The van der Waals surface area contributed by atoms with Crippen LogP contribution in [0, 0.1) is 0 Å². The van der Waals surface area contributed by atoms with E-state index in [0.29, 0.717) is 26.5 Å². The van der Waals surface area contributed by atoms with E-state index >= 15 is 0 Å². The maximum atomic E-state index is 13.5. The molecule has 0 aliphatic carbocycles. The smallest absolute Gasteiger partial charge is 0.279 e. The Morgan fingerprint density at radius 1 is 0.938 bits per heavy atom. The number of thiocarbonyl (C=S) groups is 1. The largest absolute Gasteiger partial charge is 0.337 e. The molecule has 3 aromatic rings. The molecule has 162 valence electrons. The van der Waals surface area contributed by atoms with Gasteiger partial charge in [-0.05, 0) is 43.4 Å². The summed E-state index contributed by atoms with van der Waals surface area (Å²) < 4.78 is 2.92. The van der Waals surface area contributed by atoms with Gasteiger partial charge in [0.25, 0.3) is 11.5 Å². The van der Waals surface area contributed by atoms with E-state index in [0.717, 1.165) is 21.3 Å². The van der Waals surface area contributed by atoms with E-state index in [-0.39, 0.29) is 11.5 Å². The third-order valence-electron chi connectivity index (χ3n) is 5.56. The summed E-state index contributed by atoms with van der Waals surface area (Å²) in [6, 6.07) is 17.6. The second-order valence-electron chi connectivity index (χ2n) is 7.39. The average molecular weight is 481 g/mol. The van der Waals surface area contributed by atoms with Crippen molar-refractivity contribution >= 4 is 68.4 Å². The molecule has 3 heterocycles. The Kier molecular flexibility index (Phi) is 5.19. The van der Waals surface area contributed by atoms with E-state index in [1.165, 1.54) is 16.2 Å². The van der Waals surface area contributed by atoms with E-state index < -0.39 is 0 Å². The van der Waals surface area contributed by atoms with Crippen LogP contribution in [0.1, 0.15) is 6.92 Å². The molecule has 0 spiro atoms. The van der Waals surface area contributed by atoms with Crippen molar-refractivity contribution in [2.45, 2.75) is 18.4 Å². The van der Waals surface area contributed by atoms with Crippen LogP contribution in [0.5, 0.6) is 0 Å². The predicted molar refractivity (Wildman–Crippen MR) is 135 cm³/mol. The fourth-order valence-corrected chi connectivity index (χ4v) is 6.72. The number of likely N-dealkylation sites (N-methyl/N-ethyl adjacent to an activating group) is 1. The molecule has 5 rings (SSSR count). The molecule has 2 aliphatic heterocycles. The first kappa shape index (κ1) is 21.0. The minimum atomic E-state index is -0.213. The normalized spacial score (nSPS) is 19.3. The summed E-state index contributed by atoms with van der Waals surface area (Å²) in [5.41, 5.74) is 2.19. The van der Waals surface area contributed by atoms with E-state index in [4.69, 9.17) is 12.2 Å². The van der Waals surface area contributed by atoms with Gasteiger partial charge in [0.15, 0.2) is 5.11 Å². The van der Waals surface area contributed by atoms with Gasteiger partial charge in [0, 0.05) is 31.2 Å². The Balaban J connectivity index is 1.82. The lowest BCUT2D eigenvalue weighted by molar-refractivity contribution is -0.119. The molecule has 6 nitrogen and oxygen atoms in total. The first-order chi connectivity index (χ1) is 15.4. The van der Waals surface area contributed by atoms with E-state index in [9.17, 15) is 9.59 Å². The zero-order chi connectivity index (χ0) is 22.6. The van der Waals surface area contributed by atoms with Crippen molar-refractivity contribution in [2.75, 3.05) is 23.9 Å². The topological polar surface area (TPSA) is 48.8 Å². The number of aromatic nitrogens is 1. The zero-order valence-corrected chi connectivity index (χ0v) is 20.2. The Morgan fingerprint density at radius 2 is 1.62 bits per heavy atom. The molecule has 0 unspecified atom stereocenters. The second kappa shape index (κ2) is 7.91. The Bertz CT molecular complexity index is 1440. The van der Waals surface area contributed by atoms with E-state index in [2.05, 4.69) is 6.07 Å². The zero-order valence-electron chi connectivity index (χ0n) is 17.7. The number of anilines is 2. The Morgan fingerprint density at radius 3 is 2.31 bits per heavy atom. The van der Waals surface area contributed by atoms with Crippen LogP contribution < -0.4 is 24.6 Å². The quantitative estimate of drug-likeness (QED) is 0.526. The summed E-state index contributed by atoms with van der Waals surface area (Å²) in [5.74, 6) is -0.213. The first-order valence-corrected chi connectivity index (χ1v) is 12.1. The number of benzene rings is 2. The third-order valence-corrected chi connectivity index (χ3v) is 8.56. The highest BCUT2D eigenvalue weighted by Crippen LogP contribution is 2.45. The van der Waals surface area contributed by atoms with Gasteiger partial charge in [0.05, 0.1) is 5.69 Å². The molecule has 0 N–H and O–H groups in total. The number of rotatable bonds is 2. The van der Waals surface area contributed by atoms with E-state index in [1.54, 1.807) is 28.3 Å². The van der Waals surface area contributed by atoms with Crippen LogP contribution in [0.3, 0.4) is 0 Å². The molecule has 1 saturated heterocycles. The number of hydrogen-bond acceptors (Lipinski definition) is 6. The average Bonchev–Trinajstić information content (AvgIpc) is 3.39. The van der Waals surface area contributed by atoms with Crippen molar-refractivity contribution < 1.29 is 4.79 Å². The minimum absolute atomic E-state index is 0.0940. The molecule has 1 amide bonds. The highest BCUT2D eigenvalue weighted by atomic mass is 32.2. The molecule has 1 fully saturated rings. The number of para-hydroxylation sites is 2. The van der Waals surface area contributed by atoms with Gasteiger partial charge in [0.2, 0.25) is 0 Å². The monoisotopic (exact) mass is 480 g/mol. The maximum Gasteiger partial charge on any atom is 0.279 e. The SMILES string of the molecule is CCn1c(=C2C(=O)N(C)C(=S)N2c2ccccc2)sc(=C2Sc3ccccc3N2C)c1=O. The van der Waals surface area contributed by atoms with Gasteiger partial charge >= 0.3 is 0 Å². The lowest BCUT2D eigenvalue weighted by Crippen LogP contribution is -2.36. The van der Waals surface area contributed by atoms with Gasteiger partial charge in [-0.2, -0.15) is 0 Å². The van der Waals surface area contributed by atoms with Gasteiger partial charge in [-0.25, -0.2) is 0 Å². The van der Waals surface area contributed by atoms with Gasteiger partial charge < -0.3 is 4.90 Å². The van der Waals surface area contributed by atoms with Crippen molar-refractivity contribution in [3.63, 3.8) is 0 Å². The molecule has 1 aromatic heterocycles. The van der Waals surface area contributed by atoms with Crippen LogP contribution in [-0.2, 0) is 11.3 Å². The number of thiazole rings is 1. The number of nitrogens with zero attached hydrogens (tertiary/aromatic N) is 4. The summed E-state index contributed by atoms with van der Waals surface area (Å²) in [4.78, 5) is 33.2. The molecule has 2 aromatic carbocycles. The van der Waals surface area contributed by atoms with Crippen molar-refractivity contribution in [3.8, 4) is 0 Å². The van der Waals surface area contributed by atoms with Crippen LogP contribution in [0.25, 0.3) is 10.7 Å². The summed E-state index contributed by atoms with van der Waals surface area (Å²) >= 11 is 8.53. The molecular formula is C23H20N4O2S3. The van der Waals surface area contributed by atoms with Crippen molar-refractivity contribution in [1.29, 1.82) is 0 Å². The molecule has 0 radical (unpaired) electrons. The molecule has 9 heteroatoms. The van der Waals surface area contributed by atoms with Crippen molar-refractivity contribution in [2.24, 2.45) is 0 Å². The Hall–Kier alpha value is -2.88. The highest BCUT2D eigenvalue weighted by Gasteiger charge is 2.38. The third kappa shape index (κ3) is 3.03. The first-order valence-electron chi connectivity index (χ1n) is 10.1. The fourth-order valence-electron chi connectivity index (χ4n) is 3.90. The second-order valence-corrected chi connectivity index (χ2v) is 9.78. The molecule has 0 atom stereocenters. The lowest BCUT2D eigenvalue weighted by Gasteiger charge is -2.18. The van der Waals surface area contributed by atoms with Crippen LogP contribution in [0.4, 0.5) is 11.4 Å². The van der Waals surface area contributed by atoms with Gasteiger partial charge in [-0.1, -0.05) is 42.1 Å². The summed E-state index contributed by atoms with van der Waals surface area (Å²) in [5, 5.41) is 1.27.